The number of aromatic nitrogens is 4. The van der Waals surface area contributed by atoms with Crippen molar-refractivity contribution in [1.29, 1.82) is 0 Å². The number of hydrogen-bond donors (Lipinski definition) is 1. The fourth-order valence-corrected chi connectivity index (χ4v) is 2.33. The third-order valence-corrected chi connectivity index (χ3v) is 3.23. The SMILES string of the molecule is CN(Cc1nnnn1C)CC1(C)CCNC1.Cl. The average molecular weight is 261 g/mol. The molecule has 1 aliphatic rings. The van der Waals surface area contributed by atoms with Crippen LogP contribution in [-0.4, -0.2) is 51.8 Å². The Hall–Kier alpha value is -0.720. The fourth-order valence-electron chi connectivity index (χ4n) is 2.33. The van der Waals surface area contributed by atoms with E-state index >= 15 is 0 Å². The van der Waals surface area contributed by atoms with Gasteiger partial charge in [-0.25, -0.2) is 4.68 Å². The summed E-state index contributed by atoms with van der Waals surface area (Å²) in [4.78, 5) is 2.29. The predicted octanol–water partition coefficient (Wildman–Crippen LogP) is 0.0633. The van der Waals surface area contributed by atoms with Gasteiger partial charge in [-0.2, -0.15) is 0 Å². The Bertz CT molecular complexity index is 346. The molecular weight excluding hydrogens is 240 g/mol. The highest BCUT2D eigenvalue weighted by Crippen LogP contribution is 2.25. The lowest BCUT2D eigenvalue weighted by Crippen LogP contribution is -2.35. The first-order valence-electron chi connectivity index (χ1n) is 5.70. The van der Waals surface area contributed by atoms with Crippen LogP contribution in [0.4, 0.5) is 0 Å². The summed E-state index contributed by atoms with van der Waals surface area (Å²) in [5.41, 5.74) is 0.390. The summed E-state index contributed by atoms with van der Waals surface area (Å²) in [5.74, 6) is 0.914. The number of tetrazole rings is 1. The van der Waals surface area contributed by atoms with Gasteiger partial charge in [0.25, 0.3) is 0 Å². The molecule has 1 fully saturated rings. The molecule has 0 amide bonds. The summed E-state index contributed by atoms with van der Waals surface area (Å²) in [6.07, 6.45) is 1.24. The van der Waals surface area contributed by atoms with Crippen LogP contribution in [0.2, 0.25) is 0 Å². The van der Waals surface area contributed by atoms with Crippen molar-refractivity contribution in [1.82, 2.24) is 30.4 Å². The highest BCUT2D eigenvalue weighted by Gasteiger charge is 2.29. The molecule has 6 nitrogen and oxygen atoms in total. The van der Waals surface area contributed by atoms with Gasteiger partial charge in [-0.3, -0.25) is 4.90 Å². The number of halogens is 1. The van der Waals surface area contributed by atoms with Crippen LogP contribution in [0.15, 0.2) is 0 Å². The third-order valence-electron chi connectivity index (χ3n) is 3.23. The Labute approximate surface area is 108 Å². The zero-order valence-corrected chi connectivity index (χ0v) is 11.5. The molecule has 1 unspecified atom stereocenters. The monoisotopic (exact) mass is 260 g/mol. The Morgan fingerprint density at radius 1 is 1.53 bits per heavy atom. The average Bonchev–Trinajstić information content (AvgIpc) is 2.77. The summed E-state index contributed by atoms with van der Waals surface area (Å²) in [6.45, 7) is 6.45. The molecule has 0 spiro atoms. The topological polar surface area (TPSA) is 58.9 Å². The number of nitrogens with one attached hydrogen (secondary N) is 1. The fraction of sp³-hybridized carbons (Fsp3) is 0.900. The second-order valence-corrected chi connectivity index (χ2v) is 5.13. The quantitative estimate of drug-likeness (QED) is 0.830. The molecule has 17 heavy (non-hydrogen) atoms. The molecule has 0 bridgehead atoms. The molecule has 1 aromatic rings. The van der Waals surface area contributed by atoms with E-state index in [9.17, 15) is 0 Å². The molecule has 0 aromatic carbocycles. The molecule has 1 saturated heterocycles. The van der Waals surface area contributed by atoms with E-state index in [2.05, 4.69) is 39.7 Å². The normalized spacial score (nSPS) is 24.0. The summed E-state index contributed by atoms with van der Waals surface area (Å²) in [6, 6.07) is 0. The van der Waals surface area contributed by atoms with Gasteiger partial charge in [-0.05, 0) is 35.9 Å². The minimum Gasteiger partial charge on any atom is -0.316 e. The van der Waals surface area contributed by atoms with Crippen LogP contribution in [0.25, 0.3) is 0 Å². The van der Waals surface area contributed by atoms with E-state index in [0.717, 1.165) is 32.0 Å². The van der Waals surface area contributed by atoms with Gasteiger partial charge in [-0.1, -0.05) is 6.92 Å². The lowest BCUT2D eigenvalue weighted by molar-refractivity contribution is 0.198. The molecule has 1 N–H and O–H groups in total. The Morgan fingerprint density at radius 3 is 2.82 bits per heavy atom. The van der Waals surface area contributed by atoms with E-state index in [-0.39, 0.29) is 12.4 Å². The van der Waals surface area contributed by atoms with Crippen LogP contribution in [0, 0.1) is 5.41 Å². The minimum absolute atomic E-state index is 0. The van der Waals surface area contributed by atoms with E-state index in [1.54, 1.807) is 4.68 Å². The molecule has 1 aromatic heterocycles. The van der Waals surface area contributed by atoms with Crippen molar-refractivity contribution in [2.24, 2.45) is 12.5 Å². The highest BCUT2D eigenvalue weighted by molar-refractivity contribution is 5.85. The smallest absolute Gasteiger partial charge is 0.164 e. The van der Waals surface area contributed by atoms with Crippen LogP contribution in [0.1, 0.15) is 19.2 Å². The van der Waals surface area contributed by atoms with E-state index < -0.39 is 0 Å². The molecule has 0 aliphatic carbocycles. The largest absolute Gasteiger partial charge is 0.316 e. The zero-order valence-electron chi connectivity index (χ0n) is 10.7. The molecule has 1 atom stereocenters. The van der Waals surface area contributed by atoms with Gasteiger partial charge in [0.15, 0.2) is 5.82 Å². The van der Waals surface area contributed by atoms with Crippen molar-refractivity contribution >= 4 is 12.4 Å². The van der Waals surface area contributed by atoms with Crippen molar-refractivity contribution in [2.45, 2.75) is 19.9 Å². The Morgan fingerprint density at radius 2 is 2.29 bits per heavy atom. The van der Waals surface area contributed by atoms with E-state index in [1.165, 1.54) is 6.42 Å². The molecule has 2 rings (SSSR count). The standard InChI is InChI=1S/C10H20N6.ClH/c1-10(4-5-11-7-10)8-15(2)6-9-12-13-14-16(9)3;/h11H,4-8H2,1-3H3;1H. The molecule has 0 saturated carbocycles. The van der Waals surface area contributed by atoms with Gasteiger partial charge in [-0.15, -0.1) is 17.5 Å². The van der Waals surface area contributed by atoms with E-state index in [0.29, 0.717) is 5.41 Å². The van der Waals surface area contributed by atoms with E-state index in [4.69, 9.17) is 0 Å². The molecule has 98 valence electrons. The number of hydrogen-bond acceptors (Lipinski definition) is 5. The number of nitrogens with zero attached hydrogens (tertiary/aromatic N) is 5. The van der Waals surface area contributed by atoms with Crippen LogP contribution in [-0.2, 0) is 13.6 Å². The van der Waals surface area contributed by atoms with Crippen LogP contribution in [0.5, 0.6) is 0 Å². The maximum absolute atomic E-state index is 4.00. The van der Waals surface area contributed by atoms with Crippen molar-refractivity contribution in [3.05, 3.63) is 5.82 Å². The van der Waals surface area contributed by atoms with Gasteiger partial charge in [0, 0.05) is 20.1 Å². The zero-order chi connectivity index (χ0) is 11.6. The Kier molecular flexibility index (Phi) is 4.85. The van der Waals surface area contributed by atoms with Gasteiger partial charge >= 0.3 is 0 Å². The van der Waals surface area contributed by atoms with E-state index in [1.807, 2.05) is 7.05 Å². The van der Waals surface area contributed by atoms with Crippen LogP contribution >= 0.6 is 12.4 Å². The maximum Gasteiger partial charge on any atom is 0.164 e. The maximum atomic E-state index is 4.00. The molecule has 7 heteroatoms. The lowest BCUT2D eigenvalue weighted by Gasteiger charge is -2.28. The van der Waals surface area contributed by atoms with Crippen molar-refractivity contribution in [2.75, 3.05) is 26.7 Å². The van der Waals surface area contributed by atoms with Gasteiger partial charge in [0.05, 0.1) is 6.54 Å². The number of rotatable bonds is 4. The summed E-state index contributed by atoms with van der Waals surface area (Å²) in [7, 11) is 4.00. The molecular formula is C10H21ClN6. The second kappa shape index (κ2) is 5.75. The van der Waals surface area contributed by atoms with Crippen LogP contribution in [0.3, 0.4) is 0 Å². The van der Waals surface area contributed by atoms with Crippen LogP contribution < -0.4 is 5.32 Å². The van der Waals surface area contributed by atoms with Gasteiger partial charge < -0.3 is 5.32 Å². The highest BCUT2D eigenvalue weighted by atomic mass is 35.5. The van der Waals surface area contributed by atoms with Crippen molar-refractivity contribution < 1.29 is 0 Å². The first kappa shape index (κ1) is 14.3. The van der Waals surface area contributed by atoms with Crippen molar-refractivity contribution in [3.63, 3.8) is 0 Å². The van der Waals surface area contributed by atoms with Crippen molar-refractivity contribution in [3.8, 4) is 0 Å². The molecule has 2 heterocycles. The molecule has 1 aliphatic heterocycles. The summed E-state index contributed by atoms with van der Waals surface area (Å²) >= 11 is 0. The second-order valence-electron chi connectivity index (χ2n) is 5.13. The first-order valence-corrected chi connectivity index (χ1v) is 5.70. The summed E-state index contributed by atoms with van der Waals surface area (Å²) in [5, 5.41) is 14.9. The third kappa shape index (κ3) is 3.62. The van der Waals surface area contributed by atoms with Gasteiger partial charge in [0.2, 0.25) is 0 Å². The van der Waals surface area contributed by atoms with Gasteiger partial charge in [0.1, 0.15) is 0 Å². The Balaban J connectivity index is 0.00000144. The minimum atomic E-state index is 0. The predicted molar refractivity (Wildman–Crippen MR) is 68.0 cm³/mol. The molecule has 0 radical (unpaired) electrons. The summed E-state index contributed by atoms with van der Waals surface area (Å²) < 4.78 is 1.73. The lowest BCUT2D eigenvalue weighted by atomic mass is 9.89. The first-order chi connectivity index (χ1) is 7.59. The number of aryl methyl sites for hydroxylation is 1.